The van der Waals surface area contributed by atoms with Crippen LogP contribution in [0.15, 0.2) is 57.8 Å². The fraction of sp³-hybridized carbons (Fsp3) is 0.143. The average Bonchev–Trinajstić information content (AvgIpc) is 2.28. The maximum Gasteiger partial charge on any atom is 0.0511 e. The molecule has 1 aliphatic heterocycles. The van der Waals surface area contributed by atoms with Gasteiger partial charge in [0.15, 0.2) is 0 Å². The summed E-state index contributed by atoms with van der Waals surface area (Å²) in [4.78, 5) is 2.16. The predicted octanol–water partition coefficient (Wildman–Crippen LogP) is 4.20. The number of nitrogens with zero attached hydrogens (tertiary/aromatic N) is 1. The predicted molar refractivity (Wildman–Crippen MR) is 78.0 cm³/mol. The molecule has 2 rings (SSSR count). The van der Waals surface area contributed by atoms with E-state index in [0.29, 0.717) is 0 Å². The van der Waals surface area contributed by atoms with Crippen molar-refractivity contribution in [3.05, 3.63) is 63.4 Å². The van der Waals surface area contributed by atoms with E-state index in [4.69, 9.17) is 0 Å². The molecule has 2 heteroatoms. The Morgan fingerprint density at radius 1 is 1.19 bits per heavy atom. The van der Waals surface area contributed by atoms with E-state index in [1.807, 2.05) is 6.07 Å². The van der Waals surface area contributed by atoms with Gasteiger partial charge >= 0.3 is 0 Å². The third-order valence-electron chi connectivity index (χ3n) is 2.78. The summed E-state index contributed by atoms with van der Waals surface area (Å²) in [6.45, 7) is 6.25. The van der Waals surface area contributed by atoms with Crippen LogP contribution < -0.4 is 0 Å². The van der Waals surface area contributed by atoms with Crippen molar-refractivity contribution in [1.29, 1.82) is 0 Å². The standard InChI is InChI=1S/C14H14IN/c1-10-9-13(15)11(2)16(3)14(10)12-7-5-4-6-8-12/h4-9H,2H2,1,3H3. The molecule has 1 nitrogen and oxygen atoms in total. The second-order valence-corrected chi connectivity index (χ2v) is 5.06. The topological polar surface area (TPSA) is 3.24 Å². The highest BCUT2D eigenvalue weighted by atomic mass is 127. The van der Waals surface area contributed by atoms with Crippen LogP contribution in [0.4, 0.5) is 0 Å². The lowest BCUT2D eigenvalue weighted by Gasteiger charge is -2.30. The molecule has 0 spiro atoms. The van der Waals surface area contributed by atoms with Gasteiger partial charge < -0.3 is 4.90 Å². The van der Waals surface area contributed by atoms with Gasteiger partial charge in [-0.3, -0.25) is 0 Å². The quantitative estimate of drug-likeness (QED) is 0.700. The number of allylic oxidation sites excluding steroid dienone is 3. The Balaban J connectivity index is 2.55. The van der Waals surface area contributed by atoms with Gasteiger partial charge in [-0.15, -0.1) is 0 Å². The van der Waals surface area contributed by atoms with Crippen LogP contribution in [0, 0.1) is 0 Å². The van der Waals surface area contributed by atoms with Crippen molar-refractivity contribution < 1.29 is 0 Å². The summed E-state index contributed by atoms with van der Waals surface area (Å²) in [6.07, 6.45) is 2.19. The smallest absolute Gasteiger partial charge is 0.0511 e. The maximum absolute atomic E-state index is 4.10. The summed E-state index contributed by atoms with van der Waals surface area (Å²) in [7, 11) is 2.07. The van der Waals surface area contributed by atoms with Crippen LogP contribution in [0.2, 0.25) is 0 Å². The summed E-state index contributed by atoms with van der Waals surface area (Å²) < 4.78 is 1.21. The van der Waals surface area contributed by atoms with E-state index in [-0.39, 0.29) is 0 Å². The summed E-state index contributed by atoms with van der Waals surface area (Å²) >= 11 is 2.33. The van der Waals surface area contributed by atoms with E-state index in [0.717, 1.165) is 5.70 Å². The molecule has 1 aromatic carbocycles. The second kappa shape index (κ2) is 4.45. The number of likely N-dealkylation sites (N-methyl/N-ethyl adjacent to an activating group) is 1. The Kier molecular flexibility index (Phi) is 3.19. The first-order valence-corrected chi connectivity index (χ1v) is 6.25. The molecule has 0 atom stereocenters. The lowest BCUT2D eigenvalue weighted by molar-refractivity contribution is 0.609. The molecule has 16 heavy (non-hydrogen) atoms. The van der Waals surface area contributed by atoms with E-state index in [1.165, 1.54) is 20.4 Å². The fourth-order valence-electron chi connectivity index (χ4n) is 1.92. The summed E-state index contributed by atoms with van der Waals surface area (Å²) in [5.41, 5.74) is 4.82. The molecule has 1 aromatic rings. The van der Waals surface area contributed by atoms with Crippen LogP contribution in [0.5, 0.6) is 0 Å². The van der Waals surface area contributed by atoms with Gasteiger partial charge in [0.25, 0.3) is 0 Å². The third kappa shape index (κ3) is 1.94. The van der Waals surface area contributed by atoms with Gasteiger partial charge in [-0.1, -0.05) is 36.9 Å². The van der Waals surface area contributed by atoms with Crippen molar-refractivity contribution in [2.75, 3.05) is 7.05 Å². The van der Waals surface area contributed by atoms with Gasteiger partial charge in [0.05, 0.1) is 5.70 Å². The molecule has 0 aliphatic carbocycles. The van der Waals surface area contributed by atoms with Crippen LogP contribution in [0.3, 0.4) is 0 Å². The average molecular weight is 323 g/mol. The minimum Gasteiger partial charge on any atom is -0.344 e. The summed E-state index contributed by atoms with van der Waals surface area (Å²) in [6, 6.07) is 10.4. The number of halogens is 1. The highest BCUT2D eigenvalue weighted by molar-refractivity contribution is 14.1. The van der Waals surface area contributed by atoms with Gasteiger partial charge in [0.1, 0.15) is 0 Å². The zero-order chi connectivity index (χ0) is 11.7. The van der Waals surface area contributed by atoms with Crippen LogP contribution in [0.25, 0.3) is 5.70 Å². The van der Waals surface area contributed by atoms with Gasteiger partial charge in [-0.05, 0) is 46.7 Å². The normalized spacial score (nSPS) is 16.6. The highest BCUT2D eigenvalue weighted by Gasteiger charge is 2.18. The number of hydrogen-bond acceptors (Lipinski definition) is 1. The molecule has 1 aliphatic rings. The monoisotopic (exact) mass is 323 g/mol. The first-order chi connectivity index (χ1) is 7.61. The first-order valence-electron chi connectivity index (χ1n) is 5.17. The molecule has 0 unspecified atom stereocenters. The largest absolute Gasteiger partial charge is 0.344 e. The SMILES string of the molecule is C=C1C(I)=CC(C)=C(c2ccccc2)N1C. The van der Waals surface area contributed by atoms with E-state index in [1.54, 1.807) is 0 Å². The maximum atomic E-state index is 4.10. The molecular weight excluding hydrogens is 309 g/mol. The van der Waals surface area contributed by atoms with E-state index in [9.17, 15) is 0 Å². The molecule has 0 amide bonds. The van der Waals surface area contributed by atoms with Crippen molar-refractivity contribution in [3.8, 4) is 0 Å². The van der Waals surface area contributed by atoms with Gasteiger partial charge in [-0.2, -0.15) is 0 Å². The minimum absolute atomic E-state index is 1.06. The lowest BCUT2D eigenvalue weighted by Crippen LogP contribution is -2.19. The van der Waals surface area contributed by atoms with Crippen molar-refractivity contribution in [3.63, 3.8) is 0 Å². The van der Waals surface area contributed by atoms with E-state index < -0.39 is 0 Å². The van der Waals surface area contributed by atoms with Gasteiger partial charge in [0.2, 0.25) is 0 Å². The molecule has 0 N–H and O–H groups in total. The lowest BCUT2D eigenvalue weighted by atomic mass is 10.0. The van der Waals surface area contributed by atoms with E-state index >= 15 is 0 Å². The number of benzene rings is 1. The Morgan fingerprint density at radius 3 is 2.44 bits per heavy atom. The Morgan fingerprint density at radius 2 is 1.81 bits per heavy atom. The molecule has 0 saturated heterocycles. The molecular formula is C14H14IN. The van der Waals surface area contributed by atoms with Gasteiger partial charge in [-0.25, -0.2) is 0 Å². The Hall–Kier alpha value is -1.03. The van der Waals surface area contributed by atoms with E-state index in [2.05, 4.69) is 78.4 Å². The zero-order valence-corrected chi connectivity index (χ0v) is 11.7. The van der Waals surface area contributed by atoms with Crippen molar-refractivity contribution in [2.45, 2.75) is 6.92 Å². The summed E-state index contributed by atoms with van der Waals surface area (Å²) in [5, 5.41) is 0. The molecule has 0 saturated carbocycles. The molecule has 0 bridgehead atoms. The van der Waals surface area contributed by atoms with Gasteiger partial charge in [0, 0.05) is 16.3 Å². The third-order valence-corrected chi connectivity index (χ3v) is 3.71. The molecule has 1 heterocycles. The summed E-state index contributed by atoms with van der Waals surface area (Å²) in [5.74, 6) is 0. The zero-order valence-electron chi connectivity index (χ0n) is 9.50. The fourth-order valence-corrected chi connectivity index (χ4v) is 2.75. The molecule has 0 fully saturated rings. The number of hydrogen-bond donors (Lipinski definition) is 0. The van der Waals surface area contributed by atoms with Crippen molar-refractivity contribution >= 4 is 28.3 Å². The molecule has 0 aromatic heterocycles. The van der Waals surface area contributed by atoms with Crippen LogP contribution in [-0.4, -0.2) is 11.9 Å². The second-order valence-electron chi connectivity index (χ2n) is 3.90. The van der Waals surface area contributed by atoms with Crippen LogP contribution >= 0.6 is 22.6 Å². The van der Waals surface area contributed by atoms with Crippen LogP contribution in [-0.2, 0) is 0 Å². The van der Waals surface area contributed by atoms with Crippen molar-refractivity contribution in [2.24, 2.45) is 0 Å². The highest BCUT2D eigenvalue weighted by Crippen LogP contribution is 2.35. The first kappa shape index (κ1) is 11.5. The molecule has 82 valence electrons. The Bertz CT molecular complexity index is 483. The minimum atomic E-state index is 1.06. The molecule has 0 radical (unpaired) electrons. The number of rotatable bonds is 1. The van der Waals surface area contributed by atoms with Crippen LogP contribution in [0.1, 0.15) is 12.5 Å². The Labute approximate surface area is 110 Å². The van der Waals surface area contributed by atoms with Crippen molar-refractivity contribution in [1.82, 2.24) is 4.90 Å².